The molecule has 1 fully saturated rings. The Morgan fingerprint density at radius 2 is 2.09 bits per heavy atom. The molecule has 2 aliphatic heterocycles. The quantitative estimate of drug-likeness (QED) is 0.600. The van der Waals surface area contributed by atoms with Crippen LogP contribution in [0.3, 0.4) is 0 Å². The van der Waals surface area contributed by atoms with Crippen LogP contribution in [0.5, 0.6) is 5.75 Å². The Kier molecular flexibility index (Phi) is 5.76. The second kappa shape index (κ2) is 8.86. The van der Waals surface area contributed by atoms with Crippen molar-refractivity contribution in [2.75, 3.05) is 33.4 Å². The zero-order valence-electron chi connectivity index (χ0n) is 18.9. The largest absolute Gasteiger partial charge is 0.497 e. The number of methoxy groups -OCH3 is 1. The fourth-order valence-electron chi connectivity index (χ4n) is 4.58. The molecule has 8 heteroatoms. The Morgan fingerprint density at radius 1 is 1.24 bits per heavy atom. The average molecular weight is 449 g/mol. The molecule has 0 bridgehead atoms. The fourth-order valence-corrected chi connectivity index (χ4v) is 4.58. The Bertz CT molecular complexity index is 1170. The van der Waals surface area contributed by atoms with Gasteiger partial charge in [-0.15, -0.1) is 0 Å². The number of rotatable bonds is 5. The Labute approximate surface area is 192 Å². The summed E-state index contributed by atoms with van der Waals surface area (Å²) in [5, 5.41) is 4.25. The predicted octanol–water partition coefficient (Wildman–Crippen LogP) is 2.94. The lowest BCUT2D eigenvalue weighted by Crippen LogP contribution is -2.49. The number of nitrogens with zero attached hydrogens (tertiary/aromatic N) is 4. The molecule has 1 saturated heterocycles. The molecule has 8 nitrogen and oxygen atoms in total. The van der Waals surface area contributed by atoms with Gasteiger partial charge in [0.25, 0.3) is 5.91 Å². The minimum absolute atomic E-state index is 0.0564. The normalized spacial score (nSPS) is 23.2. The van der Waals surface area contributed by atoms with E-state index in [9.17, 15) is 4.79 Å². The number of ether oxygens (including phenoxy) is 2. The van der Waals surface area contributed by atoms with Gasteiger partial charge in [-0.1, -0.05) is 5.16 Å². The van der Waals surface area contributed by atoms with Crippen LogP contribution in [0, 0.1) is 5.92 Å². The van der Waals surface area contributed by atoms with E-state index < -0.39 is 5.60 Å². The highest BCUT2D eigenvalue weighted by atomic mass is 16.7. The van der Waals surface area contributed by atoms with Crippen molar-refractivity contribution in [2.24, 2.45) is 11.1 Å². The second-order valence-corrected chi connectivity index (χ2v) is 8.84. The van der Waals surface area contributed by atoms with Crippen molar-refractivity contribution in [1.29, 1.82) is 0 Å². The zero-order valence-corrected chi connectivity index (χ0v) is 18.9. The maximum absolute atomic E-state index is 13.6. The molecule has 0 saturated carbocycles. The van der Waals surface area contributed by atoms with Gasteiger partial charge in [0.2, 0.25) is 5.60 Å². The van der Waals surface area contributed by atoms with Gasteiger partial charge in [0.05, 0.1) is 37.2 Å². The molecule has 2 aliphatic rings. The molecule has 0 spiro atoms. The van der Waals surface area contributed by atoms with Gasteiger partial charge in [-0.3, -0.25) is 9.78 Å². The van der Waals surface area contributed by atoms with E-state index in [4.69, 9.17) is 14.3 Å². The molecule has 5 rings (SSSR count). The van der Waals surface area contributed by atoms with Crippen molar-refractivity contribution >= 4 is 17.1 Å². The molecule has 3 aromatic rings. The lowest BCUT2D eigenvalue weighted by molar-refractivity contribution is -0.153. The number of oxime groups is 1. The van der Waals surface area contributed by atoms with E-state index in [1.165, 1.54) is 0 Å². The number of carbonyl (C=O) groups excluding carboxylic acids is 1. The van der Waals surface area contributed by atoms with Crippen LogP contribution in [0.1, 0.15) is 24.6 Å². The van der Waals surface area contributed by atoms with Crippen LogP contribution < -0.4 is 4.74 Å². The molecule has 4 heterocycles. The number of hydrogen-bond donors (Lipinski definition) is 0. The van der Waals surface area contributed by atoms with Gasteiger partial charge in [-0.25, -0.2) is 0 Å². The first-order chi connectivity index (χ1) is 16.1. The molecule has 172 valence electrons. The molecule has 0 radical (unpaired) electrons. The maximum atomic E-state index is 13.6. The molecular formula is C25H28N4O4. The molecule has 33 heavy (non-hydrogen) atoms. The smallest absolute Gasteiger partial charge is 0.269 e. The zero-order chi connectivity index (χ0) is 22.8. The summed E-state index contributed by atoms with van der Waals surface area (Å²) in [5.74, 6) is 0.870. The van der Waals surface area contributed by atoms with Crippen LogP contribution in [0.15, 0.2) is 60.1 Å². The van der Waals surface area contributed by atoms with E-state index in [1.54, 1.807) is 7.11 Å². The number of fused-ring (bicyclic) bond motifs is 1. The molecule has 1 aromatic carbocycles. The molecular weight excluding hydrogens is 420 g/mol. The topological polar surface area (TPSA) is 77.7 Å². The number of aromatic nitrogens is 2. The highest BCUT2D eigenvalue weighted by Gasteiger charge is 2.45. The lowest BCUT2D eigenvalue weighted by atomic mass is 9.93. The van der Waals surface area contributed by atoms with E-state index in [1.807, 2.05) is 60.7 Å². The SMILES string of the molecule is COc1ccc(C2=NO[C@](C)(C(=O)N3CCOC[C@@H](Cc4nccn5cccc45)C3)C2)cc1. The van der Waals surface area contributed by atoms with Crippen molar-refractivity contribution in [3.63, 3.8) is 0 Å². The van der Waals surface area contributed by atoms with E-state index in [-0.39, 0.29) is 11.8 Å². The maximum Gasteiger partial charge on any atom is 0.269 e. The summed E-state index contributed by atoms with van der Waals surface area (Å²) in [4.78, 5) is 25.7. The summed E-state index contributed by atoms with van der Waals surface area (Å²) >= 11 is 0. The van der Waals surface area contributed by atoms with Crippen LogP contribution >= 0.6 is 0 Å². The minimum Gasteiger partial charge on any atom is -0.497 e. The first-order valence-corrected chi connectivity index (χ1v) is 11.2. The molecule has 2 atom stereocenters. The van der Waals surface area contributed by atoms with Gasteiger partial charge >= 0.3 is 0 Å². The monoisotopic (exact) mass is 448 g/mol. The Balaban J connectivity index is 1.28. The molecule has 0 N–H and O–H groups in total. The third kappa shape index (κ3) is 4.30. The van der Waals surface area contributed by atoms with Crippen molar-refractivity contribution < 1.29 is 19.1 Å². The minimum atomic E-state index is -1.02. The van der Waals surface area contributed by atoms with Gasteiger partial charge in [-0.2, -0.15) is 0 Å². The summed E-state index contributed by atoms with van der Waals surface area (Å²) in [6, 6.07) is 11.7. The summed E-state index contributed by atoms with van der Waals surface area (Å²) < 4.78 is 13.1. The van der Waals surface area contributed by atoms with Gasteiger partial charge in [0.15, 0.2) is 0 Å². The van der Waals surface area contributed by atoms with Crippen LogP contribution in [0.2, 0.25) is 0 Å². The van der Waals surface area contributed by atoms with Crippen LogP contribution in [0.25, 0.3) is 5.52 Å². The van der Waals surface area contributed by atoms with Crippen molar-refractivity contribution in [3.05, 3.63) is 66.2 Å². The second-order valence-electron chi connectivity index (χ2n) is 8.84. The highest BCUT2D eigenvalue weighted by molar-refractivity contribution is 6.05. The molecule has 0 unspecified atom stereocenters. The van der Waals surface area contributed by atoms with Gasteiger partial charge in [0, 0.05) is 44.0 Å². The van der Waals surface area contributed by atoms with E-state index >= 15 is 0 Å². The summed E-state index contributed by atoms with van der Waals surface area (Å²) in [6.45, 7) is 4.05. The third-order valence-electron chi connectivity index (χ3n) is 6.38. The first-order valence-electron chi connectivity index (χ1n) is 11.2. The summed E-state index contributed by atoms with van der Waals surface area (Å²) in [5.41, 5.74) is 2.77. The Morgan fingerprint density at radius 3 is 2.91 bits per heavy atom. The van der Waals surface area contributed by atoms with Gasteiger partial charge < -0.3 is 23.6 Å². The van der Waals surface area contributed by atoms with E-state index in [2.05, 4.69) is 20.6 Å². The number of carbonyl (C=O) groups is 1. The van der Waals surface area contributed by atoms with Crippen molar-refractivity contribution in [1.82, 2.24) is 14.3 Å². The Hall–Kier alpha value is -3.39. The first kappa shape index (κ1) is 21.5. The highest BCUT2D eigenvalue weighted by Crippen LogP contribution is 2.30. The predicted molar refractivity (Wildman–Crippen MR) is 123 cm³/mol. The molecule has 1 amide bonds. The van der Waals surface area contributed by atoms with Crippen LogP contribution in [0.4, 0.5) is 0 Å². The van der Waals surface area contributed by atoms with Crippen LogP contribution in [-0.4, -0.2) is 64.9 Å². The van der Waals surface area contributed by atoms with Gasteiger partial charge in [-0.05, 0) is 55.3 Å². The third-order valence-corrected chi connectivity index (χ3v) is 6.38. The lowest BCUT2D eigenvalue weighted by Gasteiger charge is -2.30. The summed E-state index contributed by atoms with van der Waals surface area (Å²) in [7, 11) is 1.63. The fraction of sp³-hybridized carbons (Fsp3) is 0.400. The molecule has 2 aromatic heterocycles. The number of hydrogen-bond acceptors (Lipinski definition) is 6. The van der Waals surface area contributed by atoms with Crippen LogP contribution in [-0.2, 0) is 20.8 Å². The number of benzene rings is 1. The van der Waals surface area contributed by atoms with E-state index in [0.717, 1.165) is 34.7 Å². The van der Waals surface area contributed by atoms with Gasteiger partial charge in [0.1, 0.15) is 5.75 Å². The average Bonchev–Trinajstić information content (AvgIpc) is 3.42. The number of amides is 1. The standard InChI is InChI=1S/C25H28N4O4/c1-25(15-22(27-33-25)19-5-7-20(31-2)8-6-19)24(30)29-12-13-32-17-18(16-29)14-21-23-4-3-10-28(23)11-9-26-21/h3-11,18H,12-17H2,1-2H3/t18-,25-/m0/s1. The summed E-state index contributed by atoms with van der Waals surface area (Å²) in [6.07, 6.45) is 6.93. The molecule has 0 aliphatic carbocycles. The van der Waals surface area contributed by atoms with Crippen molar-refractivity contribution in [3.8, 4) is 5.75 Å². The van der Waals surface area contributed by atoms with Crippen molar-refractivity contribution in [2.45, 2.75) is 25.4 Å². The van der Waals surface area contributed by atoms with E-state index in [0.29, 0.717) is 32.7 Å².